The number of hydrogen-bond acceptors (Lipinski definition) is 3. The van der Waals surface area contributed by atoms with Gasteiger partial charge in [0, 0.05) is 44.8 Å². The molecule has 0 radical (unpaired) electrons. The summed E-state index contributed by atoms with van der Waals surface area (Å²) in [4.78, 5) is 5.28. The highest BCUT2D eigenvalue weighted by Crippen LogP contribution is 2.36. The van der Waals surface area contributed by atoms with Gasteiger partial charge in [-0.05, 0) is 25.2 Å². The van der Waals surface area contributed by atoms with Crippen LogP contribution in [0.1, 0.15) is 46.5 Å². The molecule has 1 saturated heterocycles. The molecule has 2 rings (SSSR count). The predicted octanol–water partition coefficient (Wildman–Crippen LogP) is 2.17. The largest absolute Gasteiger partial charge is 0.329 e. The summed E-state index contributed by atoms with van der Waals surface area (Å²) >= 11 is 0. The zero-order valence-corrected chi connectivity index (χ0v) is 13.2. The molecule has 1 atom stereocenters. The maximum Gasteiger partial charge on any atom is 0.0307 e. The van der Waals surface area contributed by atoms with Crippen molar-refractivity contribution in [2.24, 2.45) is 17.6 Å². The highest BCUT2D eigenvalue weighted by atomic mass is 15.3. The molecule has 0 aromatic heterocycles. The van der Waals surface area contributed by atoms with Crippen molar-refractivity contribution in [2.75, 3.05) is 39.3 Å². The van der Waals surface area contributed by atoms with Gasteiger partial charge in [0.05, 0.1) is 0 Å². The van der Waals surface area contributed by atoms with Gasteiger partial charge in [-0.3, -0.25) is 4.90 Å². The SMILES string of the molecule is CC(C)CN1CCN(C(C)(CN)CC2CCC2)CC1. The molecule has 0 aromatic rings. The van der Waals surface area contributed by atoms with Crippen LogP contribution in [0.15, 0.2) is 0 Å². The van der Waals surface area contributed by atoms with Crippen molar-refractivity contribution in [3.05, 3.63) is 0 Å². The van der Waals surface area contributed by atoms with Crippen molar-refractivity contribution in [1.29, 1.82) is 0 Å². The van der Waals surface area contributed by atoms with Crippen LogP contribution in [0.4, 0.5) is 0 Å². The minimum atomic E-state index is 0.245. The van der Waals surface area contributed by atoms with Crippen LogP contribution in [0.25, 0.3) is 0 Å². The summed E-state index contributed by atoms with van der Waals surface area (Å²) in [6.07, 6.45) is 5.62. The Morgan fingerprint density at radius 1 is 1.16 bits per heavy atom. The van der Waals surface area contributed by atoms with Crippen molar-refractivity contribution in [2.45, 2.75) is 52.0 Å². The van der Waals surface area contributed by atoms with E-state index in [0.717, 1.165) is 18.4 Å². The monoisotopic (exact) mass is 267 g/mol. The molecule has 3 heteroatoms. The molecule has 19 heavy (non-hydrogen) atoms. The summed E-state index contributed by atoms with van der Waals surface area (Å²) in [5.74, 6) is 1.73. The molecule has 2 fully saturated rings. The zero-order valence-electron chi connectivity index (χ0n) is 13.2. The number of hydrogen-bond donors (Lipinski definition) is 1. The van der Waals surface area contributed by atoms with Crippen molar-refractivity contribution in [3.63, 3.8) is 0 Å². The summed E-state index contributed by atoms with van der Waals surface area (Å²) in [5.41, 5.74) is 6.37. The lowest BCUT2D eigenvalue weighted by Crippen LogP contribution is -2.59. The van der Waals surface area contributed by atoms with Gasteiger partial charge in [-0.1, -0.05) is 33.1 Å². The highest BCUT2D eigenvalue weighted by Gasteiger charge is 2.36. The zero-order chi connectivity index (χ0) is 13.9. The fourth-order valence-electron chi connectivity index (χ4n) is 3.65. The Kier molecular flexibility index (Phi) is 5.27. The molecule has 0 amide bonds. The average molecular weight is 267 g/mol. The van der Waals surface area contributed by atoms with E-state index >= 15 is 0 Å². The fraction of sp³-hybridized carbons (Fsp3) is 1.00. The van der Waals surface area contributed by atoms with Gasteiger partial charge in [-0.25, -0.2) is 0 Å². The second kappa shape index (κ2) is 6.55. The molecule has 0 spiro atoms. The first-order chi connectivity index (χ1) is 9.03. The topological polar surface area (TPSA) is 32.5 Å². The van der Waals surface area contributed by atoms with Gasteiger partial charge >= 0.3 is 0 Å². The lowest BCUT2D eigenvalue weighted by Gasteiger charge is -2.48. The molecule has 1 aliphatic carbocycles. The van der Waals surface area contributed by atoms with E-state index in [1.807, 2.05) is 0 Å². The summed E-state index contributed by atoms with van der Waals surface area (Å²) in [7, 11) is 0. The standard InChI is InChI=1S/C16H33N3/c1-14(2)12-18-7-9-19(10-8-18)16(3,13-17)11-15-5-4-6-15/h14-15H,4-13,17H2,1-3H3. The van der Waals surface area contributed by atoms with Gasteiger partial charge in [-0.2, -0.15) is 0 Å². The third-order valence-electron chi connectivity index (χ3n) is 5.15. The van der Waals surface area contributed by atoms with Gasteiger partial charge in [0.25, 0.3) is 0 Å². The van der Waals surface area contributed by atoms with Crippen LogP contribution in [0.5, 0.6) is 0 Å². The van der Waals surface area contributed by atoms with Crippen molar-refractivity contribution < 1.29 is 0 Å². The highest BCUT2D eigenvalue weighted by molar-refractivity contribution is 4.93. The number of nitrogens with zero attached hydrogens (tertiary/aromatic N) is 2. The lowest BCUT2D eigenvalue weighted by molar-refractivity contribution is 0.0203. The Morgan fingerprint density at radius 2 is 1.79 bits per heavy atom. The smallest absolute Gasteiger partial charge is 0.0307 e. The predicted molar refractivity (Wildman–Crippen MR) is 82.3 cm³/mol. The summed E-state index contributed by atoms with van der Waals surface area (Å²) in [6.45, 7) is 13.9. The molecule has 3 nitrogen and oxygen atoms in total. The van der Waals surface area contributed by atoms with E-state index < -0.39 is 0 Å². The van der Waals surface area contributed by atoms with E-state index in [-0.39, 0.29) is 5.54 Å². The third kappa shape index (κ3) is 3.93. The van der Waals surface area contributed by atoms with Gasteiger partial charge in [0.2, 0.25) is 0 Å². The number of piperazine rings is 1. The van der Waals surface area contributed by atoms with Crippen LogP contribution in [0.3, 0.4) is 0 Å². The number of nitrogens with two attached hydrogens (primary N) is 1. The van der Waals surface area contributed by atoms with Crippen LogP contribution < -0.4 is 5.73 Å². The van der Waals surface area contributed by atoms with Crippen LogP contribution >= 0.6 is 0 Å². The first-order valence-corrected chi connectivity index (χ1v) is 8.21. The Bertz CT molecular complexity index is 267. The molecule has 2 N–H and O–H groups in total. The van der Waals surface area contributed by atoms with E-state index in [1.165, 1.54) is 58.4 Å². The maximum atomic E-state index is 6.13. The molecule has 2 aliphatic rings. The summed E-state index contributed by atoms with van der Waals surface area (Å²) < 4.78 is 0. The second-order valence-electron chi connectivity index (χ2n) is 7.38. The van der Waals surface area contributed by atoms with Crippen LogP contribution in [-0.2, 0) is 0 Å². The van der Waals surface area contributed by atoms with Crippen molar-refractivity contribution in [1.82, 2.24) is 9.80 Å². The van der Waals surface area contributed by atoms with Gasteiger partial charge in [-0.15, -0.1) is 0 Å². The van der Waals surface area contributed by atoms with E-state index in [4.69, 9.17) is 5.73 Å². The molecular weight excluding hydrogens is 234 g/mol. The second-order valence-corrected chi connectivity index (χ2v) is 7.38. The van der Waals surface area contributed by atoms with Crippen molar-refractivity contribution >= 4 is 0 Å². The van der Waals surface area contributed by atoms with E-state index in [1.54, 1.807) is 0 Å². The number of rotatable bonds is 6. The third-order valence-corrected chi connectivity index (χ3v) is 5.15. The Morgan fingerprint density at radius 3 is 2.21 bits per heavy atom. The molecule has 0 aromatic carbocycles. The minimum absolute atomic E-state index is 0.245. The fourth-order valence-corrected chi connectivity index (χ4v) is 3.65. The molecule has 112 valence electrons. The maximum absolute atomic E-state index is 6.13. The average Bonchev–Trinajstić information content (AvgIpc) is 2.34. The van der Waals surface area contributed by atoms with Gasteiger partial charge < -0.3 is 10.6 Å². The molecule has 1 saturated carbocycles. The van der Waals surface area contributed by atoms with Crippen LogP contribution in [0.2, 0.25) is 0 Å². The van der Waals surface area contributed by atoms with Gasteiger partial charge in [0.15, 0.2) is 0 Å². The molecular formula is C16H33N3. The molecule has 1 aliphatic heterocycles. The first kappa shape index (κ1) is 15.3. The summed E-state index contributed by atoms with van der Waals surface area (Å²) in [5, 5.41) is 0. The van der Waals surface area contributed by atoms with E-state index in [2.05, 4.69) is 30.6 Å². The normalized spacial score (nSPS) is 26.4. The Labute approximate surface area is 119 Å². The first-order valence-electron chi connectivity index (χ1n) is 8.21. The quantitative estimate of drug-likeness (QED) is 0.800. The minimum Gasteiger partial charge on any atom is -0.329 e. The molecule has 1 heterocycles. The lowest BCUT2D eigenvalue weighted by atomic mass is 9.75. The molecule has 1 unspecified atom stereocenters. The Balaban J connectivity index is 1.83. The van der Waals surface area contributed by atoms with Crippen LogP contribution in [-0.4, -0.2) is 54.6 Å². The van der Waals surface area contributed by atoms with E-state index in [9.17, 15) is 0 Å². The van der Waals surface area contributed by atoms with Crippen LogP contribution in [0, 0.1) is 11.8 Å². The Hall–Kier alpha value is -0.120. The van der Waals surface area contributed by atoms with Gasteiger partial charge in [0.1, 0.15) is 0 Å². The van der Waals surface area contributed by atoms with E-state index in [0.29, 0.717) is 0 Å². The molecule has 0 bridgehead atoms. The summed E-state index contributed by atoms with van der Waals surface area (Å²) in [6, 6.07) is 0. The van der Waals surface area contributed by atoms with Crippen molar-refractivity contribution in [3.8, 4) is 0 Å².